The number of hydrogen-bond donors (Lipinski definition) is 0. The fraction of sp³-hybridized carbons (Fsp3) is 0.394. The molecular formula is C33H38O6. The summed E-state index contributed by atoms with van der Waals surface area (Å²) in [7, 11) is 0. The Balaban J connectivity index is 1.47. The van der Waals surface area contributed by atoms with Crippen LogP contribution in [0.15, 0.2) is 104 Å². The van der Waals surface area contributed by atoms with Gasteiger partial charge in [0.1, 0.15) is 17.3 Å². The maximum absolute atomic E-state index is 6.88. The lowest BCUT2D eigenvalue weighted by Crippen LogP contribution is -2.63. The first-order chi connectivity index (χ1) is 19.0. The van der Waals surface area contributed by atoms with Crippen molar-refractivity contribution in [1.29, 1.82) is 0 Å². The standard InChI is InChI=1S/C33H38O6/c1-4-20-33(36-23-28-18-12-7-13-19-28)29-30(38-31(2,3)37-29)39-32(33,24-34-21-26-14-8-5-9-15-26)25-35-22-27-16-10-6-11-17-27/h4-19,29-30H,1,20-25H2,2-3H3/t29-,30-,33-/m0/s1. The fourth-order valence-corrected chi connectivity index (χ4v) is 5.46. The predicted molar refractivity (Wildman–Crippen MR) is 149 cm³/mol. The van der Waals surface area contributed by atoms with E-state index in [1.807, 2.05) is 111 Å². The van der Waals surface area contributed by atoms with Gasteiger partial charge in [-0.05, 0) is 37.0 Å². The minimum atomic E-state index is -1.02. The maximum atomic E-state index is 6.88. The van der Waals surface area contributed by atoms with Crippen molar-refractivity contribution in [3.05, 3.63) is 120 Å². The van der Waals surface area contributed by atoms with Gasteiger partial charge in [0.2, 0.25) is 0 Å². The topological polar surface area (TPSA) is 55.4 Å². The molecule has 0 aromatic heterocycles. The normalized spacial score (nSPS) is 24.9. The van der Waals surface area contributed by atoms with Crippen molar-refractivity contribution in [2.75, 3.05) is 13.2 Å². The summed E-state index contributed by atoms with van der Waals surface area (Å²) in [5, 5.41) is 0. The molecule has 0 aliphatic carbocycles. The third-order valence-corrected chi connectivity index (χ3v) is 7.31. The van der Waals surface area contributed by atoms with Crippen LogP contribution in [0.3, 0.4) is 0 Å². The van der Waals surface area contributed by atoms with Crippen molar-refractivity contribution in [1.82, 2.24) is 0 Å². The van der Waals surface area contributed by atoms with Crippen molar-refractivity contribution in [3.8, 4) is 0 Å². The Morgan fingerprint density at radius 2 is 1.18 bits per heavy atom. The van der Waals surface area contributed by atoms with Gasteiger partial charge < -0.3 is 28.4 Å². The van der Waals surface area contributed by atoms with Crippen molar-refractivity contribution in [2.24, 2.45) is 0 Å². The first-order valence-electron chi connectivity index (χ1n) is 13.5. The second-order valence-electron chi connectivity index (χ2n) is 10.7. The molecule has 3 aromatic rings. The summed E-state index contributed by atoms with van der Waals surface area (Å²) in [6, 6.07) is 30.3. The maximum Gasteiger partial charge on any atom is 0.191 e. The zero-order chi connectivity index (χ0) is 27.2. The largest absolute Gasteiger partial charge is 0.374 e. The van der Waals surface area contributed by atoms with Gasteiger partial charge in [0.15, 0.2) is 12.1 Å². The van der Waals surface area contributed by atoms with Crippen LogP contribution in [0.5, 0.6) is 0 Å². The van der Waals surface area contributed by atoms with Crippen LogP contribution in [0.4, 0.5) is 0 Å². The van der Waals surface area contributed by atoms with Crippen LogP contribution in [0, 0.1) is 0 Å². The number of fused-ring (bicyclic) bond motifs is 1. The molecule has 2 heterocycles. The van der Waals surface area contributed by atoms with Gasteiger partial charge in [-0.25, -0.2) is 0 Å². The third kappa shape index (κ3) is 6.17. The molecule has 0 spiro atoms. The molecule has 3 aromatic carbocycles. The predicted octanol–water partition coefficient (Wildman–Crippen LogP) is 6.20. The minimum absolute atomic E-state index is 0.222. The smallest absolute Gasteiger partial charge is 0.191 e. The molecule has 2 fully saturated rings. The Bertz CT molecular complexity index is 1140. The van der Waals surface area contributed by atoms with Gasteiger partial charge in [0.25, 0.3) is 0 Å². The van der Waals surface area contributed by atoms with Crippen LogP contribution < -0.4 is 0 Å². The lowest BCUT2D eigenvalue weighted by atomic mass is 9.78. The van der Waals surface area contributed by atoms with Crippen LogP contribution >= 0.6 is 0 Å². The van der Waals surface area contributed by atoms with Crippen LogP contribution in [0.1, 0.15) is 37.0 Å². The highest BCUT2D eigenvalue weighted by atomic mass is 16.9. The molecule has 6 nitrogen and oxygen atoms in total. The van der Waals surface area contributed by atoms with Crippen LogP contribution in [-0.2, 0) is 48.2 Å². The summed E-state index contributed by atoms with van der Waals surface area (Å²) in [6.45, 7) is 9.53. The molecule has 0 N–H and O–H groups in total. The van der Waals surface area contributed by atoms with E-state index in [-0.39, 0.29) is 13.2 Å². The Hall–Kier alpha value is -2.84. The Morgan fingerprint density at radius 3 is 1.67 bits per heavy atom. The second kappa shape index (κ2) is 12.1. The van der Waals surface area contributed by atoms with Crippen molar-refractivity contribution in [2.45, 2.75) is 69.5 Å². The third-order valence-electron chi connectivity index (χ3n) is 7.31. The van der Waals surface area contributed by atoms with Crippen LogP contribution in [0.2, 0.25) is 0 Å². The minimum Gasteiger partial charge on any atom is -0.374 e. The Morgan fingerprint density at radius 1 is 0.692 bits per heavy atom. The van der Waals surface area contributed by atoms with Gasteiger partial charge >= 0.3 is 0 Å². The van der Waals surface area contributed by atoms with Crippen LogP contribution in [0.25, 0.3) is 0 Å². The Labute approximate surface area is 231 Å². The SMILES string of the molecule is C=CC[C@]1(OCc2ccccc2)[C@H]2OC(C)(C)O[C@H]2OC1(COCc1ccccc1)COCc1ccccc1. The van der Waals surface area contributed by atoms with Gasteiger partial charge in [0, 0.05) is 0 Å². The van der Waals surface area contributed by atoms with E-state index in [4.69, 9.17) is 28.4 Å². The number of rotatable bonds is 13. The molecule has 0 amide bonds. The van der Waals surface area contributed by atoms with Crippen molar-refractivity contribution < 1.29 is 28.4 Å². The average molecular weight is 531 g/mol. The number of ether oxygens (including phenoxy) is 6. The molecule has 5 rings (SSSR count). The summed E-state index contributed by atoms with van der Waals surface area (Å²) in [4.78, 5) is 0. The monoisotopic (exact) mass is 530 g/mol. The van der Waals surface area contributed by atoms with E-state index in [1.54, 1.807) is 0 Å². The van der Waals surface area contributed by atoms with E-state index < -0.39 is 29.4 Å². The average Bonchev–Trinajstić information content (AvgIpc) is 3.37. The van der Waals surface area contributed by atoms with Gasteiger partial charge in [-0.3, -0.25) is 0 Å². The number of hydrogen-bond acceptors (Lipinski definition) is 6. The molecule has 2 aliphatic heterocycles. The highest BCUT2D eigenvalue weighted by molar-refractivity contribution is 5.20. The van der Waals surface area contributed by atoms with E-state index in [2.05, 4.69) is 6.58 Å². The summed E-state index contributed by atoms with van der Waals surface area (Å²) >= 11 is 0. The van der Waals surface area contributed by atoms with Crippen LogP contribution in [-0.4, -0.2) is 42.6 Å². The molecule has 0 bridgehead atoms. The second-order valence-corrected chi connectivity index (χ2v) is 10.7. The van der Waals surface area contributed by atoms with Crippen molar-refractivity contribution >= 4 is 0 Å². The zero-order valence-corrected chi connectivity index (χ0v) is 22.8. The zero-order valence-electron chi connectivity index (χ0n) is 22.8. The van der Waals surface area contributed by atoms with E-state index >= 15 is 0 Å². The lowest BCUT2D eigenvalue weighted by molar-refractivity contribution is -0.290. The van der Waals surface area contributed by atoms with E-state index in [9.17, 15) is 0 Å². The molecule has 39 heavy (non-hydrogen) atoms. The van der Waals surface area contributed by atoms with E-state index in [0.717, 1.165) is 16.7 Å². The number of benzene rings is 3. The molecule has 206 valence electrons. The molecule has 3 atom stereocenters. The first-order valence-corrected chi connectivity index (χ1v) is 13.5. The molecule has 6 heteroatoms. The van der Waals surface area contributed by atoms with E-state index in [1.165, 1.54) is 0 Å². The molecular weight excluding hydrogens is 492 g/mol. The summed E-state index contributed by atoms with van der Waals surface area (Å²) < 4.78 is 39.1. The quantitative estimate of drug-likeness (QED) is 0.245. The summed E-state index contributed by atoms with van der Waals surface area (Å²) in [6.07, 6.45) is 1.17. The molecule has 2 saturated heterocycles. The van der Waals surface area contributed by atoms with Gasteiger partial charge in [-0.1, -0.05) is 97.1 Å². The molecule has 2 aliphatic rings. The van der Waals surface area contributed by atoms with Gasteiger partial charge in [-0.15, -0.1) is 6.58 Å². The van der Waals surface area contributed by atoms with Gasteiger partial charge in [0.05, 0.1) is 33.0 Å². The van der Waals surface area contributed by atoms with Gasteiger partial charge in [-0.2, -0.15) is 0 Å². The highest BCUT2D eigenvalue weighted by Gasteiger charge is 2.71. The lowest BCUT2D eigenvalue weighted by Gasteiger charge is -2.45. The highest BCUT2D eigenvalue weighted by Crippen LogP contribution is 2.53. The fourth-order valence-electron chi connectivity index (χ4n) is 5.46. The molecule has 0 unspecified atom stereocenters. The summed E-state index contributed by atoms with van der Waals surface area (Å²) in [5.41, 5.74) is 1.20. The van der Waals surface area contributed by atoms with E-state index in [0.29, 0.717) is 26.2 Å². The Kier molecular flexibility index (Phi) is 8.62. The van der Waals surface area contributed by atoms with Crippen molar-refractivity contribution in [3.63, 3.8) is 0 Å². The molecule has 0 radical (unpaired) electrons. The summed E-state index contributed by atoms with van der Waals surface area (Å²) in [5.74, 6) is -0.820. The molecule has 0 saturated carbocycles. The first kappa shape index (κ1) is 27.7.